The van der Waals surface area contributed by atoms with Gasteiger partial charge in [-0.05, 0) is 85.2 Å². The summed E-state index contributed by atoms with van der Waals surface area (Å²) in [5.74, 6) is 0.237. The molecule has 0 aliphatic heterocycles. The SMILES string of the molecule is CCCCCC[C@H]1C[C@]1(C#N)c1ccc(-c2ccc(OC(=O)c3ccc(OC(=O)[C@H](C)OCCC)cc3)cc2)cc1. The van der Waals surface area contributed by atoms with Crippen LogP contribution in [0.2, 0.25) is 0 Å². The molecular formula is C35H39NO5. The lowest BCUT2D eigenvalue weighted by Crippen LogP contribution is -2.26. The van der Waals surface area contributed by atoms with Gasteiger partial charge in [-0.2, -0.15) is 5.26 Å². The summed E-state index contributed by atoms with van der Waals surface area (Å²) in [4.78, 5) is 24.7. The molecule has 3 atom stereocenters. The maximum atomic E-state index is 12.6. The number of carbonyl (C=O) groups is 2. The number of esters is 2. The molecule has 1 aliphatic rings. The zero-order valence-corrected chi connectivity index (χ0v) is 24.2. The number of carbonyl (C=O) groups excluding carboxylic acids is 2. The van der Waals surface area contributed by atoms with Gasteiger partial charge in [0.2, 0.25) is 0 Å². The lowest BCUT2D eigenvalue weighted by Gasteiger charge is -2.12. The largest absolute Gasteiger partial charge is 0.425 e. The third kappa shape index (κ3) is 7.62. The maximum Gasteiger partial charge on any atom is 0.343 e. The molecular weight excluding hydrogens is 514 g/mol. The summed E-state index contributed by atoms with van der Waals surface area (Å²) in [6.45, 7) is 6.31. The molecule has 1 aliphatic carbocycles. The standard InChI is InChI=1S/C35H39NO5/c1-4-6-7-8-9-30-23-35(30,24-36)29-16-10-26(11-17-29)27-12-18-32(19-13-27)41-34(38)28-14-20-31(21-15-28)40-33(37)25(3)39-22-5-2/h10-21,25,30H,4-9,22-23H2,1-3H3/t25-,30-,35-/m0/s1. The Morgan fingerprint density at radius 3 is 2.07 bits per heavy atom. The second-order valence-electron chi connectivity index (χ2n) is 10.8. The summed E-state index contributed by atoms with van der Waals surface area (Å²) in [6.07, 6.45) is 7.17. The van der Waals surface area contributed by atoms with Gasteiger partial charge in [-0.1, -0.05) is 75.9 Å². The van der Waals surface area contributed by atoms with Gasteiger partial charge in [0.25, 0.3) is 0 Å². The molecule has 0 saturated heterocycles. The Morgan fingerprint density at radius 1 is 0.854 bits per heavy atom. The van der Waals surface area contributed by atoms with Crippen LogP contribution in [-0.4, -0.2) is 24.6 Å². The first kappa shape index (κ1) is 30.0. The van der Waals surface area contributed by atoms with Crippen molar-refractivity contribution in [2.45, 2.75) is 77.2 Å². The van der Waals surface area contributed by atoms with Crippen LogP contribution >= 0.6 is 0 Å². The predicted octanol–water partition coefficient (Wildman–Crippen LogP) is 8.04. The average Bonchev–Trinajstić information content (AvgIpc) is 3.73. The van der Waals surface area contributed by atoms with Crippen LogP contribution in [0.4, 0.5) is 0 Å². The van der Waals surface area contributed by atoms with Crippen molar-refractivity contribution in [3.05, 3.63) is 83.9 Å². The number of hydrogen-bond acceptors (Lipinski definition) is 6. The number of unbranched alkanes of at least 4 members (excludes halogenated alkanes) is 3. The van der Waals surface area contributed by atoms with E-state index in [0.717, 1.165) is 36.0 Å². The minimum absolute atomic E-state index is 0.329. The minimum Gasteiger partial charge on any atom is -0.425 e. The van der Waals surface area contributed by atoms with Crippen LogP contribution in [-0.2, 0) is 14.9 Å². The number of nitrogens with zero attached hydrogens (tertiary/aromatic N) is 1. The summed E-state index contributed by atoms with van der Waals surface area (Å²) in [5.41, 5.74) is 3.16. The fraction of sp³-hybridized carbons (Fsp3) is 0.400. The fourth-order valence-corrected chi connectivity index (χ4v) is 5.11. The third-order valence-electron chi connectivity index (χ3n) is 7.72. The highest BCUT2D eigenvalue weighted by Crippen LogP contribution is 2.56. The van der Waals surface area contributed by atoms with E-state index in [9.17, 15) is 14.9 Å². The van der Waals surface area contributed by atoms with Crippen LogP contribution in [0.25, 0.3) is 11.1 Å². The summed E-state index contributed by atoms with van der Waals surface area (Å²) >= 11 is 0. The first-order chi connectivity index (χ1) is 19.9. The van der Waals surface area contributed by atoms with Crippen molar-refractivity contribution in [3.8, 4) is 28.7 Å². The van der Waals surface area contributed by atoms with E-state index in [0.29, 0.717) is 29.6 Å². The molecule has 6 nitrogen and oxygen atoms in total. The molecule has 0 unspecified atom stereocenters. The van der Waals surface area contributed by atoms with E-state index in [4.69, 9.17) is 14.2 Å². The van der Waals surface area contributed by atoms with Gasteiger partial charge in [0, 0.05) is 6.61 Å². The second kappa shape index (κ2) is 14.1. The first-order valence-electron chi connectivity index (χ1n) is 14.7. The van der Waals surface area contributed by atoms with E-state index >= 15 is 0 Å². The predicted molar refractivity (Wildman–Crippen MR) is 159 cm³/mol. The number of benzene rings is 3. The van der Waals surface area contributed by atoms with Gasteiger partial charge < -0.3 is 14.2 Å². The Bertz CT molecular complexity index is 1340. The van der Waals surface area contributed by atoms with Crippen molar-refractivity contribution >= 4 is 11.9 Å². The quantitative estimate of drug-likeness (QED) is 0.114. The summed E-state index contributed by atoms with van der Waals surface area (Å²) in [5, 5.41) is 9.93. The van der Waals surface area contributed by atoms with Crippen molar-refractivity contribution in [2.24, 2.45) is 5.92 Å². The van der Waals surface area contributed by atoms with Crippen LogP contribution in [0, 0.1) is 17.2 Å². The molecule has 0 aromatic heterocycles. The van der Waals surface area contributed by atoms with Gasteiger partial charge in [-0.3, -0.25) is 0 Å². The first-order valence-corrected chi connectivity index (χ1v) is 14.7. The average molecular weight is 554 g/mol. The van der Waals surface area contributed by atoms with Crippen molar-refractivity contribution in [1.82, 2.24) is 0 Å². The minimum atomic E-state index is -0.662. The molecule has 214 valence electrons. The Hall–Kier alpha value is -3.95. The van der Waals surface area contributed by atoms with E-state index < -0.39 is 18.0 Å². The van der Waals surface area contributed by atoms with Gasteiger partial charge in [0.1, 0.15) is 11.5 Å². The third-order valence-corrected chi connectivity index (χ3v) is 7.72. The van der Waals surface area contributed by atoms with Crippen molar-refractivity contribution in [3.63, 3.8) is 0 Å². The highest BCUT2D eigenvalue weighted by molar-refractivity contribution is 5.91. The molecule has 4 rings (SSSR count). The van der Waals surface area contributed by atoms with Gasteiger partial charge in [0.05, 0.1) is 17.0 Å². The van der Waals surface area contributed by atoms with Crippen molar-refractivity contribution < 1.29 is 23.8 Å². The maximum absolute atomic E-state index is 12.6. The number of rotatable bonds is 14. The van der Waals surface area contributed by atoms with Crippen LogP contribution in [0.3, 0.4) is 0 Å². The van der Waals surface area contributed by atoms with Crippen LogP contribution < -0.4 is 9.47 Å². The topological polar surface area (TPSA) is 85.6 Å². The zero-order valence-electron chi connectivity index (χ0n) is 24.2. The molecule has 0 heterocycles. The van der Waals surface area contributed by atoms with E-state index in [1.807, 2.05) is 19.1 Å². The van der Waals surface area contributed by atoms with E-state index in [2.05, 4.69) is 37.3 Å². The number of nitriles is 1. The normalized spacial score (nSPS) is 18.2. The van der Waals surface area contributed by atoms with Gasteiger partial charge >= 0.3 is 11.9 Å². The second-order valence-corrected chi connectivity index (χ2v) is 10.8. The molecule has 0 bridgehead atoms. The van der Waals surface area contributed by atoms with Gasteiger partial charge in [-0.15, -0.1) is 0 Å². The highest BCUT2D eigenvalue weighted by atomic mass is 16.6. The molecule has 1 fully saturated rings. The number of ether oxygens (including phenoxy) is 3. The lowest BCUT2D eigenvalue weighted by molar-refractivity contribution is -0.146. The fourth-order valence-electron chi connectivity index (χ4n) is 5.11. The van der Waals surface area contributed by atoms with Crippen molar-refractivity contribution in [2.75, 3.05) is 6.61 Å². The van der Waals surface area contributed by atoms with Gasteiger partial charge in [0.15, 0.2) is 6.10 Å². The van der Waals surface area contributed by atoms with E-state index in [1.165, 1.54) is 25.7 Å². The molecule has 6 heteroatoms. The lowest BCUT2D eigenvalue weighted by atomic mass is 9.91. The molecule has 0 amide bonds. The van der Waals surface area contributed by atoms with Crippen molar-refractivity contribution in [1.29, 1.82) is 5.26 Å². The van der Waals surface area contributed by atoms with E-state index in [1.54, 1.807) is 43.3 Å². The van der Waals surface area contributed by atoms with Gasteiger partial charge in [-0.25, -0.2) is 9.59 Å². The Labute approximate surface area is 243 Å². The monoisotopic (exact) mass is 553 g/mol. The van der Waals surface area contributed by atoms with Crippen LogP contribution in [0.1, 0.15) is 81.6 Å². The zero-order chi connectivity index (χ0) is 29.2. The molecule has 3 aromatic carbocycles. The molecule has 0 spiro atoms. The highest BCUT2D eigenvalue weighted by Gasteiger charge is 2.55. The Balaban J connectivity index is 1.31. The Morgan fingerprint density at radius 2 is 1.46 bits per heavy atom. The summed E-state index contributed by atoms with van der Waals surface area (Å²) in [7, 11) is 0. The van der Waals surface area contributed by atoms with Crippen LogP contribution in [0.5, 0.6) is 11.5 Å². The Kier molecular flexibility index (Phi) is 10.3. The molecule has 41 heavy (non-hydrogen) atoms. The summed E-state index contributed by atoms with van der Waals surface area (Å²) in [6, 6.07) is 24.5. The molecule has 0 N–H and O–H groups in total. The van der Waals surface area contributed by atoms with Crippen LogP contribution in [0.15, 0.2) is 72.8 Å². The molecule has 0 radical (unpaired) electrons. The van der Waals surface area contributed by atoms with E-state index in [-0.39, 0.29) is 5.41 Å². The smallest absolute Gasteiger partial charge is 0.343 e. The molecule has 1 saturated carbocycles. The summed E-state index contributed by atoms with van der Waals surface area (Å²) < 4.78 is 16.2. The number of hydrogen-bond donors (Lipinski definition) is 0. The molecule has 3 aromatic rings.